The van der Waals surface area contributed by atoms with Crippen LogP contribution in [-0.2, 0) is 6.54 Å². The quantitative estimate of drug-likeness (QED) is 0.431. The molecule has 3 heteroatoms. The van der Waals surface area contributed by atoms with Crippen molar-refractivity contribution in [3.63, 3.8) is 0 Å². The van der Waals surface area contributed by atoms with Gasteiger partial charge in [-0.05, 0) is 49.2 Å². The second kappa shape index (κ2) is 11.4. The summed E-state index contributed by atoms with van der Waals surface area (Å²) >= 11 is 0. The highest BCUT2D eigenvalue weighted by Gasteiger charge is 2.05. The number of hydrogen-bond donors (Lipinski definition) is 1. The van der Waals surface area contributed by atoms with Gasteiger partial charge in [-0.3, -0.25) is 10.3 Å². The van der Waals surface area contributed by atoms with Crippen molar-refractivity contribution in [3.05, 3.63) is 65.7 Å². The van der Waals surface area contributed by atoms with E-state index in [1.807, 2.05) is 36.5 Å². The first-order valence-electron chi connectivity index (χ1n) is 9.47. The van der Waals surface area contributed by atoms with E-state index in [2.05, 4.69) is 53.5 Å². The van der Waals surface area contributed by atoms with Gasteiger partial charge in [-0.2, -0.15) is 5.10 Å². The number of hydrazone groups is 1. The zero-order valence-corrected chi connectivity index (χ0v) is 15.6. The van der Waals surface area contributed by atoms with Gasteiger partial charge in [-0.15, -0.1) is 0 Å². The minimum Gasteiger partial charge on any atom is -0.299 e. The van der Waals surface area contributed by atoms with Crippen molar-refractivity contribution in [2.45, 2.75) is 46.1 Å². The molecule has 25 heavy (non-hydrogen) atoms. The van der Waals surface area contributed by atoms with Gasteiger partial charge in [-0.25, -0.2) is 0 Å². The van der Waals surface area contributed by atoms with E-state index < -0.39 is 0 Å². The molecule has 0 atom stereocenters. The van der Waals surface area contributed by atoms with Crippen LogP contribution in [0.15, 0.2) is 59.7 Å². The average Bonchev–Trinajstić information content (AvgIpc) is 2.66. The maximum absolute atomic E-state index is 4.30. The average molecular weight is 338 g/mol. The van der Waals surface area contributed by atoms with Crippen LogP contribution in [-0.4, -0.2) is 24.2 Å². The molecule has 0 aliphatic carbocycles. The molecule has 0 aliphatic heterocycles. The Balaban J connectivity index is 1.87. The summed E-state index contributed by atoms with van der Waals surface area (Å²) in [6.07, 6.45) is 6.93. The predicted octanol–water partition coefficient (Wildman–Crippen LogP) is 5.53. The summed E-state index contributed by atoms with van der Waals surface area (Å²) < 4.78 is 0. The number of nitrogens with zero attached hydrogens (tertiary/aromatic N) is 2. The number of benzene rings is 2. The third-order valence-electron chi connectivity index (χ3n) is 4.22. The molecule has 0 aromatic heterocycles. The second-order valence-electron chi connectivity index (χ2n) is 6.46. The Hall–Kier alpha value is -2.13. The molecule has 2 rings (SSSR count). The molecule has 134 valence electrons. The summed E-state index contributed by atoms with van der Waals surface area (Å²) in [6.45, 7) is 7.95. The van der Waals surface area contributed by atoms with E-state index in [0.717, 1.165) is 17.8 Å². The highest BCUT2D eigenvalue weighted by atomic mass is 15.3. The normalized spacial score (nSPS) is 11.3. The van der Waals surface area contributed by atoms with E-state index in [1.54, 1.807) is 0 Å². The zero-order chi connectivity index (χ0) is 17.7. The molecule has 1 N–H and O–H groups in total. The molecular formula is C22H31N3. The molecule has 0 heterocycles. The van der Waals surface area contributed by atoms with Crippen LogP contribution < -0.4 is 5.43 Å². The summed E-state index contributed by atoms with van der Waals surface area (Å²) in [6, 6.07) is 18.7. The van der Waals surface area contributed by atoms with E-state index in [1.165, 1.54) is 44.3 Å². The molecule has 0 fully saturated rings. The summed E-state index contributed by atoms with van der Waals surface area (Å²) in [5.41, 5.74) is 6.53. The van der Waals surface area contributed by atoms with Crippen molar-refractivity contribution in [2.75, 3.05) is 18.5 Å². The van der Waals surface area contributed by atoms with Crippen LogP contribution in [0.3, 0.4) is 0 Å². The topological polar surface area (TPSA) is 27.6 Å². The lowest BCUT2D eigenvalue weighted by Gasteiger charge is -2.22. The number of nitrogens with one attached hydrogen (secondary N) is 1. The zero-order valence-electron chi connectivity index (χ0n) is 15.6. The molecule has 0 aliphatic rings. The number of hydrogen-bond acceptors (Lipinski definition) is 3. The van der Waals surface area contributed by atoms with Crippen LogP contribution in [0, 0.1) is 0 Å². The van der Waals surface area contributed by atoms with Crippen LogP contribution in [0.2, 0.25) is 0 Å². The first-order chi connectivity index (χ1) is 12.3. The van der Waals surface area contributed by atoms with E-state index in [4.69, 9.17) is 0 Å². The van der Waals surface area contributed by atoms with Crippen molar-refractivity contribution in [1.29, 1.82) is 0 Å². The second-order valence-corrected chi connectivity index (χ2v) is 6.46. The van der Waals surface area contributed by atoms with Gasteiger partial charge in [0.15, 0.2) is 0 Å². The van der Waals surface area contributed by atoms with Crippen molar-refractivity contribution >= 4 is 11.9 Å². The van der Waals surface area contributed by atoms with Gasteiger partial charge in [-0.1, -0.05) is 69.2 Å². The molecule has 0 unspecified atom stereocenters. The SMILES string of the molecule is CCCCN(CCCC)Cc1ccc(C=NNc2ccccc2)cc1. The van der Waals surface area contributed by atoms with Gasteiger partial charge in [0, 0.05) is 6.54 Å². The fraction of sp³-hybridized carbons (Fsp3) is 0.409. The number of unbranched alkanes of at least 4 members (excludes halogenated alkanes) is 2. The lowest BCUT2D eigenvalue weighted by atomic mass is 10.1. The fourth-order valence-corrected chi connectivity index (χ4v) is 2.69. The monoisotopic (exact) mass is 337 g/mol. The van der Waals surface area contributed by atoms with Crippen molar-refractivity contribution in [1.82, 2.24) is 4.90 Å². The van der Waals surface area contributed by atoms with Gasteiger partial charge in [0.2, 0.25) is 0 Å². The van der Waals surface area contributed by atoms with Gasteiger partial charge >= 0.3 is 0 Å². The number of anilines is 1. The minimum absolute atomic E-state index is 0.998. The lowest BCUT2D eigenvalue weighted by molar-refractivity contribution is 0.257. The van der Waals surface area contributed by atoms with Crippen LogP contribution in [0.5, 0.6) is 0 Å². The summed E-state index contributed by atoms with van der Waals surface area (Å²) in [7, 11) is 0. The predicted molar refractivity (Wildman–Crippen MR) is 109 cm³/mol. The lowest BCUT2D eigenvalue weighted by Crippen LogP contribution is -2.25. The van der Waals surface area contributed by atoms with Gasteiger partial charge in [0.1, 0.15) is 0 Å². The Kier molecular flexibility index (Phi) is 8.78. The van der Waals surface area contributed by atoms with Gasteiger partial charge in [0.05, 0.1) is 11.9 Å². The standard InChI is InChI=1S/C22H31N3/c1-3-5-16-25(17-6-4-2)19-21-14-12-20(13-15-21)18-23-24-22-10-8-7-9-11-22/h7-15,18,24H,3-6,16-17,19H2,1-2H3. The third-order valence-corrected chi connectivity index (χ3v) is 4.22. The molecule has 2 aromatic carbocycles. The van der Waals surface area contributed by atoms with E-state index in [9.17, 15) is 0 Å². The van der Waals surface area contributed by atoms with Crippen LogP contribution >= 0.6 is 0 Å². The third kappa shape index (κ3) is 7.53. The molecule has 3 nitrogen and oxygen atoms in total. The Bertz CT molecular complexity index is 597. The number of rotatable bonds is 11. The van der Waals surface area contributed by atoms with Crippen molar-refractivity contribution < 1.29 is 0 Å². The van der Waals surface area contributed by atoms with E-state index in [-0.39, 0.29) is 0 Å². The van der Waals surface area contributed by atoms with Crippen LogP contribution in [0.1, 0.15) is 50.7 Å². The Morgan fingerprint density at radius 3 is 2.12 bits per heavy atom. The first-order valence-corrected chi connectivity index (χ1v) is 9.47. The highest BCUT2D eigenvalue weighted by Crippen LogP contribution is 2.10. The van der Waals surface area contributed by atoms with E-state index in [0.29, 0.717) is 0 Å². The molecule has 0 saturated carbocycles. The molecule has 2 aromatic rings. The molecule has 0 amide bonds. The number of para-hydroxylation sites is 1. The van der Waals surface area contributed by atoms with Gasteiger partial charge in [0.25, 0.3) is 0 Å². The highest BCUT2D eigenvalue weighted by molar-refractivity contribution is 5.80. The molecule has 0 saturated heterocycles. The summed E-state index contributed by atoms with van der Waals surface area (Å²) in [5.74, 6) is 0. The smallest absolute Gasteiger partial charge is 0.0561 e. The Morgan fingerprint density at radius 1 is 0.880 bits per heavy atom. The Morgan fingerprint density at radius 2 is 1.52 bits per heavy atom. The van der Waals surface area contributed by atoms with Crippen molar-refractivity contribution in [3.8, 4) is 0 Å². The summed E-state index contributed by atoms with van der Waals surface area (Å²) in [5, 5.41) is 4.30. The maximum atomic E-state index is 4.30. The minimum atomic E-state index is 0.998. The van der Waals surface area contributed by atoms with Crippen LogP contribution in [0.4, 0.5) is 5.69 Å². The van der Waals surface area contributed by atoms with Crippen molar-refractivity contribution in [2.24, 2.45) is 5.10 Å². The first kappa shape index (κ1) is 19.2. The molecule has 0 radical (unpaired) electrons. The fourth-order valence-electron chi connectivity index (χ4n) is 2.69. The van der Waals surface area contributed by atoms with Crippen LogP contribution in [0.25, 0.3) is 0 Å². The molecule has 0 bridgehead atoms. The maximum Gasteiger partial charge on any atom is 0.0561 e. The molecular weight excluding hydrogens is 306 g/mol. The van der Waals surface area contributed by atoms with E-state index >= 15 is 0 Å². The van der Waals surface area contributed by atoms with Gasteiger partial charge < -0.3 is 0 Å². The summed E-state index contributed by atoms with van der Waals surface area (Å²) in [4.78, 5) is 2.58. The molecule has 0 spiro atoms. The largest absolute Gasteiger partial charge is 0.299 e. The Labute approximate surface area is 152 Å².